The van der Waals surface area contributed by atoms with Gasteiger partial charge in [-0.15, -0.1) is 0 Å². The summed E-state index contributed by atoms with van der Waals surface area (Å²) in [5.41, 5.74) is 2.09. The molecule has 2 aromatic rings. The Morgan fingerprint density at radius 2 is 1.72 bits per heavy atom. The number of methoxy groups -OCH3 is 2. The minimum absolute atomic E-state index is 0.0288. The van der Waals surface area contributed by atoms with Gasteiger partial charge in [0.25, 0.3) is 0 Å². The lowest BCUT2D eigenvalue weighted by molar-refractivity contribution is 0.320. The molecule has 0 saturated carbocycles. The van der Waals surface area contributed by atoms with Crippen molar-refractivity contribution in [2.45, 2.75) is 18.7 Å². The van der Waals surface area contributed by atoms with Crippen LogP contribution in [0.15, 0.2) is 41.3 Å². The summed E-state index contributed by atoms with van der Waals surface area (Å²) in [6, 6.07) is 10.5. The zero-order valence-corrected chi connectivity index (χ0v) is 15.6. The molecule has 0 unspecified atom stereocenters. The molecule has 25 heavy (non-hydrogen) atoms. The summed E-state index contributed by atoms with van der Waals surface area (Å²) < 4.78 is 43.4. The van der Waals surface area contributed by atoms with Crippen LogP contribution >= 0.6 is 0 Å². The van der Waals surface area contributed by atoms with Gasteiger partial charge in [-0.3, -0.25) is 0 Å². The van der Waals surface area contributed by atoms with Gasteiger partial charge in [0, 0.05) is 12.6 Å². The Bertz CT molecular complexity index is 833. The molecule has 0 aliphatic heterocycles. The van der Waals surface area contributed by atoms with Crippen molar-refractivity contribution >= 4 is 10.0 Å². The lowest BCUT2D eigenvalue weighted by Gasteiger charge is -2.13. The molecular weight excluding hydrogens is 342 g/mol. The van der Waals surface area contributed by atoms with Crippen molar-refractivity contribution in [3.63, 3.8) is 0 Å². The Balaban J connectivity index is 2.03. The number of hydrogen-bond acceptors (Lipinski definition) is 5. The zero-order valence-electron chi connectivity index (χ0n) is 14.8. The van der Waals surface area contributed by atoms with Crippen LogP contribution in [0.4, 0.5) is 0 Å². The first kappa shape index (κ1) is 19.1. The first-order chi connectivity index (χ1) is 11.9. The van der Waals surface area contributed by atoms with E-state index in [1.807, 2.05) is 32.0 Å². The van der Waals surface area contributed by atoms with Crippen molar-refractivity contribution in [1.82, 2.24) is 4.72 Å². The van der Waals surface area contributed by atoms with Crippen LogP contribution in [0.2, 0.25) is 0 Å². The predicted molar refractivity (Wildman–Crippen MR) is 96.1 cm³/mol. The Labute approximate surface area is 148 Å². The van der Waals surface area contributed by atoms with Crippen LogP contribution in [0.3, 0.4) is 0 Å². The van der Waals surface area contributed by atoms with Crippen molar-refractivity contribution in [3.05, 3.63) is 47.5 Å². The molecule has 0 saturated heterocycles. The average Bonchev–Trinajstić information content (AvgIpc) is 2.60. The van der Waals surface area contributed by atoms with Gasteiger partial charge >= 0.3 is 0 Å². The maximum absolute atomic E-state index is 12.5. The molecule has 0 aliphatic carbocycles. The standard InChI is InChI=1S/C18H23NO5S/c1-13-5-6-14(2)17(11-13)24-10-9-19-25(20,21)18-12-15(22-3)7-8-16(18)23-4/h5-8,11-12,19H,9-10H2,1-4H3. The fraction of sp³-hybridized carbons (Fsp3) is 0.333. The van der Waals surface area contributed by atoms with Gasteiger partial charge in [0.2, 0.25) is 10.0 Å². The highest BCUT2D eigenvalue weighted by Gasteiger charge is 2.20. The predicted octanol–water partition coefficient (Wildman–Crippen LogP) is 2.68. The lowest BCUT2D eigenvalue weighted by Crippen LogP contribution is -2.28. The normalized spacial score (nSPS) is 11.2. The monoisotopic (exact) mass is 365 g/mol. The van der Waals surface area contributed by atoms with Gasteiger partial charge < -0.3 is 14.2 Å². The van der Waals surface area contributed by atoms with Crippen LogP contribution < -0.4 is 18.9 Å². The van der Waals surface area contributed by atoms with E-state index in [2.05, 4.69) is 4.72 Å². The van der Waals surface area contributed by atoms with Crippen LogP contribution in [0.25, 0.3) is 0 Å². The molecule has 2 rings (SSSR count). The molecule has 0 aromatic heterocycles. The van der Waals surface area contributed by atoms with Crippen molar-refractivity contribution < 1.29 is 22.6 Å². The minimum Gasteiger partial charge on any atom is -0.497 e. The van der Waals surface area contributed by atoms with E-state index in [1.165, 1.54) is 20.3 Å². The molecule has 6 nitrogen and oxygen atoms in total. The van der Waals surface area contributed by atoms with Crippen LogP contribution in [0, 0.1) is 13.8 Å². The van der Waals surface area contributed by atoms with Gasteiger partial charge in [-0.1, -0.05) is 12.1 Å². The van der Waals surface area contributed by atoms with Crippen LogP contribution in [0.5, 0.6) is 17.2 Å². The molecule has 1 N–H and O–H groups in total. The zero-order chi connectivity index (χ0) is 18.4. The van der Waals surface area contributed by atoms with Crippen LogP contribution in [-0.4, -0.2) is 35.8 Å². The first-order valence-electron chi connectivity index (χ1n) is 7.79. The summed E-state index contributed by atoms with van der Waals surface area (Å²) in [4.78, 5) is 0.0288. The molecule has 0 atom stereocenters. The lowest BCUT2D eigenvalue weighted by atomic mass is 10.1. The Morgan fingerprint density at radius 3 is 2.40 bits per heavy atom. The first-order valence-corrected chi connectivity index (χ1v) is 9.27. The maximum atomic E-state index is 12.5. The van der Waals surface area contributed by atoms with E-state index >= 15 is 0 Å². The van der Waals surface area contributed by atoms with Gasteiger partial charge in [-0.25, -0.2) is 13.1 Å². The number of sulfonamides is 1. The second-order valence-electron chi connectivity index (χ2n) is 5.53. The summed E-state index contributed by atoms with van der Waals surface area (Å²) in [7, 11) is -0.846. The third-order valence-corrected chi connectivity index (χ3v) is 5.14. The molecule has 7 heteroatoms. The minimum atomic E-state index is -3.74. The van der Waals surface area contributed by atoms with Gasteiger partial charge in [0.05, 0.1) is 14.2 Å². The van der Waals surface area contributed by atoms with Gasteiger partial charge in [-0.05, 0) is 43.2 Å². The van der Waals surface area contributed by atoms with E-state index < -0.39 is 10.0 Å². The average molecular weight is 365 g/mol. The summed E-state index contributed by atoms with van der Waals surface area (Å²) in [6.45, 7) is 4.27. The van der Waals surface area contributed by atoms with Gasteiger partial charge in [-0.2, -0.15) is 0 Å². The Hall–Kier alpha value is -2.25. The van der Waals surface area contributed by atoms with E-state index in [0.717, 1.165) is 16.9 Å². The molecule has 0 fully saturated rings. The Morgan fingerprint density at radius 1 is 0.960 bits per heavy atom. The van der Waals surface area contributed by atoms with Crippen LogP contribution in [0.1, 0.15) is 11.1 Å². The fourth-order valence-electron chi connectivity index (χ4n) is 2.27. The fourth-order valence-corrected chi connectivity index (χ4v) is 3.47. The number of ether oxygens (including phenoxy) is 3. The van der Waals surface area contributed by atoms with Gasteiger partial charge in [0.15, 0.2) is 0 Å². The smallest absolute Gasteiger partial charge is 0.244 e. The van der Waals surface area contributed by atoms with Crippen molar-refractivity contribution in [2.24, 2.45) is 0 Å². The maximum Gasteiger partial charge on any atom is 0.244 e. The summed E-state index contributed by atoms with van der Waals surface area (Å²) in [6.07, 6.45) is 0. The molecule has 0 heterocycles. The van der Waals surface area contributed by atoms with Crippen molar-refractivity contribution in [3.8, 4) is 17.2 Å². The molecule has 2 aromatic carbocycles. The SMILES string of the molecule is COc1ccc(OC)c(S(=O)(=O)NCCOc2cc(C)ccc2C)c1. The number of rotatable bonds is 8. The highest BCUT2D eigenvalue weighted by Crippen LogP contribution is 2.28. The summed E-state index contributed by atoms with van der Waals surface area (Å²) >= 11 is 0. The summed E-state index contributed by atoms with van der Waals surface area (Å²) in [5.74, 6) is 1.44. The number of aryl methyl sites for hydroxylation is 2. The molecule has 0 aliphatic rings. The highest BCUT2D eigenvalue weighted by molar-refractivity contribution is 7.89. The largest absolute Gasteiger partial charge is 0.497 e. The quantitative estimate of drug-likeness (QED) is 0.728. The third-order valence-electron chi connectivity index (χ3n) is 3.66. The second-order valence-corrected chi connectivity index (χ2v) is 7.27. The third kappa shape index (κ3) is 4.87. The highest BCUT2D eigenvalue weighted by atomic mass is 32.2. The van der Waals surface area contributed by atoms with E-state index in [1.54, 1.807) is 12.1 Å². The van der Waals surface area contributed by atoms with E-state index in [4.69, 9.17) is 14.2 Å². The van der Waals surface area contributed by atoms with E-state index in [-0.39, 0.29) is 23.8 Å². The topological polar surface area (TPSA) is 73.9 Å². The molecular formula is C18H23NO5S. The van der Waals surface area contributed by atoms with Crippen molar-refractivity contribution in [1.29, 1.82) is 0 Å². The second kappa shape index (κ2) is 8.22. The number of benzene rings is 2. The van der Waals surface area contributed by atoms with Crippen molar-refractivity contribution in [2.75, 3.05) is 27.4 Å². The number of nitrogens with one attached hydrogen (secondary N) is 1. The van der Waals surface area contributed by atoms with E-state index in [0.29, 0.717) is 5.75 Å². The summed E-state index contributed by atoms with van der Waals surface area (Å²) in [5, 5.41) is 0. The molecule has 0 radical (unpaired) electrons. The molecule has 136 valence electrons. The molecule has 0 bridgehead atoms. The van der Waals surface area contributed by atoms with Gasteiger partial charge in [0.1, 0.15) is 28.8 Å². The number of hydrogen-bond donors (Lipinski definition) is 1. The van der Waals surface area contributed by atoms with E-state index in [9.17, 15) is 8.42 Å². The Kier molecular flexibility index (Phi) is 6.27. The van der Waals surface area contributed by atoms with Crippen LogP contribution in [-0.2, 0) is 10.0 Å². The molecule has 0 spiro atoms. The molecule has 0 amide bonds.